The second-order valence-electron chi connectivity index (χ2n) is 3.95. The number of amides is 2. The molecule has 2 aliphatic heterocycles. The average Bonchev–Trinajstić information content (AvgIpc) is 2.57. The van der Waals surface area contributed by atoms with Crippen molar-refractivity contribution in [1.82, 2.24) is 10.2 Å². The van der Waals surface area contributed by atoms with Crippen molar-refractivity contribution in [1.29, 1.82) is 0 Å². The van der Waals surface area contributed by atoms with Gasteiger partial charge in [-0.05, 0) is 6.08 Å². The van der Waals surface area contributed by atoms with E-state index in [2.05, 4.69) is 5.32 Å². The predicted octanol–water partition coefficient (Wildman–Crippen LogP) is -2.75. The SMILES string of the molecule is NC1C=CN([C@H]2O[C@H](CO)[C@@H](O)[C@H]2O)C(=O)N1. The molecule has 6 N–H and O–H groups in total. The van der Waals surface area contributed by atoms with Gasteiger partial charge in [0, 0.05) is 6.20 Å². The first kappa shape index (κ1) is 12.3. The van der Waals surface area contributed by atoms with Gasteiger partial charge in [0.1, 0.15) is 18.3 Å². The third kappa shape index (κ3) is 2.13. The summed E-state index contributed by atoms with van der Waals surface area (Å²) < 4.78 is 5.20. The molecule has 0 aromatic carbocycles. The van der Waals surface area contributed by atoms with E-state index in [0.29, 0.717) is 0 Å². The Bertz CT molecular complexity index is 337. The van der Waals surface area contributed by atoms with Crippen molar-refractivity contribution in [3.63, 3.8) is 0 Å². The van der Waals surface area contributed by atoms with E-state index in [0.717, 1.165) is 4.90 Å². The Morgan fingerprint density at radius 2 is 2.18 bits per heavy atom. The summed E-state index contributed by atoms with van der Waals surface area (Å²) >= 11 is 0. The van der Waals surface area contributed by atoms with Crippen LogP contribution < -0.4 is 11.1 Å². The lowest BCUT2D eigenvalue weighted by molar-refractivity contribution is -0.0660. The topological polar surface area (TPSA) is 128 Å². The van der Waals surface area contributed by atoms with Crippen LogP contribution in [-0.4, -0.2) is 63.6 Å². The maximum absolute atomic E-state index is 11.6. The molecule has 5 atom stereocenters. The summed E-state index contributed by atoms with van der Waals surface area (Å²) in [6.07, 6.45) is -2.16. The van der Waals surface area contributed by atoms with E-state index in [1.165, 1.54) is 12.3 Å². The van der Waals surface area contributed by atoms with E-state index in [1.54, 1.807) is 0 Å². The molecular formula is C9H15N3O5. The number of hydrogen-bond acceptors (Lipinski definition) is 6. The number of nitrogens with two attached hydrogens (primary N) is 1. The zero-order valence-electron chi connectivity index (χ0n) is 8.93. The molecule has 0 bridgehead atoms. The van der Waals surface area contributed by atoms with Crippen molar-refractivity contribution in [2.24, 2.45) is 5.73 Å². The molecule has 1 fully saturated rings. The standard InChI is InChI=1S/C9H15N3O5/c10-5-1-2-12(9(16)11-5)8-7(15)6(14)4(3-13)17-8/h1-2,4-8,13-15H,3,10H2,(H,11,16)/t4-,5?,6-,7-,8+/m1/s1. The summed E-state index contributed by atoms with van der Waals surface area (Å²) in [7, 11) is 0. The van der Waals surface area contributed by atoms with Crippen LogP contribution in [-0.2, 0) is 4.74 Å². The van der Waals surface area contributed by atoms with Gasteiger partial charge in [-0.2, -0.15) is 0 Å². The lowest BCUT2D eigenvalue weighted by Gasteiger charge is -2.31. The molecular weight excluding hydrogens is 230 g/mol. The second-order valence-corrected chi connectivity index (χ2v) is 3.95. The number of carbonyl (C=O) groups excluding carboxylic acids is 1. The largest absolute Gasteiger partial charge is 0.394 e. The van der Waals surface area contributed by atoms with Gasteiger partial charge in [-0.3, -0.25) is 4.90 Å². The number of carbonyl (C=O) groups is 1. The normalized spacial score (nSPS) is 41.8. The van der Waals surface area contributed by atoms with E-state index in [4.69, 9.17) is 15.6 Å². The second kappa shape index (κ2) is 4.59. The van der Waals surface area contributed by atoms with Crippen molar-refractivity contribution >= 4 is 6.03 Å². The first-order valence-electron chi connectivity index (χ1n) is 5.20. The highest BCUT2D eigenvalue weighted by Crippen LogP contribution is 2.25. The highest BCUT2D eigenvalue weighted by Gasteiger charge is 2.46. The minimum Gasteiger partial charge on any atom is -0.394 e. The zero-order chi connectivity index (χ0) is 12.6. The Hall–Kier alpha value is -1.19. The number of hydrogen-bond donors (Lipinski definition) is 5. The van der Waals surface area contributed by atoms with Gasteiger partial charge >= 0.3 is 6.03 Å². The van der Waals surface area contributed by atoms with Crippen molar-refractivity contribution in [3.05, 3.63) is 12.3 Å². The Balaban J connectivity index is 2.13. The Morgan fingerprint density at radius 1 is 1.47 bits per heavy atom. The van der Waals surface area contributed by atoms with Gasteiger partial charge in [0.05, 0.1) is 12.8 Å². The number of aliphatic hydroxyl groups excluding tert-OH is 3. The number of ether oxygens (including phenoxy) is 1. The van der Waals surface area contributed by atoms with Crippen molar-refractivity contribution < 1.29 is 24.9 Å². The van der Waals surface area contributed by atoms with Gasteiger partial charge in [-0.1, -0.05) is 0 Å². The van der Waals surface area contributed by atoms with Crippen LogP contribution in [0.1, 0.15) is 0 Å². The van der Waals surface area contributed by atoms with Gasteiger partial charge in [-0.25, -0.2) is 4.79 Å². The monoisotopic (exact) mass is 245 g/mol. The van der Waals surface area contributed by atoms with Gasteiger partial charge in [0.15, 0.2) is 6.23 Å². The van der Waals surface area contributed by atoms with E-state index in [-0.39, 0.29) is 0 Å². The molecule has 1 unspecified atom stereocenters. The molecule has 0 aliphatic carbocycles. The Kier molecular flexibility index (Phi) is 3.31. The first-order chi connectivity index (χ1) is 8.04. The molecule has 96 valence electrons. The minimum atomic E-state index is -1.28. The van der Waals surface area contributed by atoms with E-state index >= 15 is 0 Å². The van der Waals surface area contributed by atoms with Crippen LogP contribution in [0.2, 0.25) is 0 Å². The third-order valence-corrected chi connectivity index (χ3v) is 2.77. The molecule has 0 spiro atoms. The molecule has 0 saturated carbocycles. The molecule has 2 aliphatic rings. The Morgan fingerprint density at radius 3 is 2.71 bits per heavy atom. The van der Waals surface area contributed by atoms with Gasteiger partial charge in [0.2, 0.25) is 0 Å². The molecule has 0 radical (unpaired) electrons. The number of nitrogens with zero attached hydrogens (tertiary/aromatic N) is 1. The maximum Gasteiger partial charge on any atom is 0.325 e. The summed E-state index contributed by atoms with van der Waals surface area (Å²) in [5, 5.41) is 30.6. The molecule has 17 heavy (non-hydrogen) atoms. The average molecular weight is 245 g/mol. The van der Waals surface area contributed by atoms with Crippen molar-refractivity contribution in [2.45, 2.75) is 30.7 Å². The number of aliphatic hydroxyl groups is 3. The highest BCUT2D eigenvalue weighted by molar-refractivity contribution is 5.77. The van der Waals surface area contributed by atoms with Crippen LogP contribution in [0.4, 0.5) is 4.79 Å². The first-order valence-corrected chi connectivity index (χ1v) is 5.20. The van der Waals surface area contributed by atoms with Gasteiger partial charge in [-0.15, -0.1) is 0 Å². The molecule has 0 aromatic rings. The summed E-state index contributed by atoms with van der Waals surface area (Å²) in [4.78, 5) is 12.7. The van der Waals surface area contributed by atoms with Gasteiger partial charge in [0.25, 0.3) is 0 Å². The van der Waals surface area contributed by atoms with Crippen LogP contribution in [0.3, 0.4) is 0 Å². The number of nitrogens with one attached hydrogen (secondary N) is 1. The maximum atomic E-state index is 11.6. The fourth-order valence-corrected chi connectivity index (χ4v) is 1.83. The number of urea groups is 1. The van der Waals surface area contributed by atoms with E-state index in [1.807, 2.05) is 0 Å². The quantitative estimate of drug-likeness (QED) is 0.359. The molecule has 2 rings (SSSR count). The lowest BCUT2D eigenvalue weighted by atomic mass is 10.1. The Labute approximate surface area is 97.3 Å². The zero-order valence-corrected chi connectivity index (χ0v) is 8.93. The summed E-state index contributed by atoms with van der Waals surface area (Å²) in [6.45, 7) is -0.437. The number of rotatable bonds is 2. The lowest BCUT2D eigenvalue weighted by Crippen LogP contribution is -2.55. The molecule has 2 heterocycles. The van der Waals surface area contributed by atoms with Crippen LogP contribution in [0.15, 0.2) is 12.3 Å². The molecule has 0 aromatic heterocycles. The van der Waals surface area contributed by atoms with E-state index in [9.17, 15) is 15.0 Å². The molecule has 8 heteroatoms. The van der Waals surface area contributed by atoms with Crippen LogP contribution in [0.5, 0.6) is 0 Å². The third-order valence-electron chi connectivity index (χ3n) is 2.77. The highest BCUT2D eigenvalue weighted by atomic mass is 16.6. The summed E-state index contributed by atoms with van der Waals surface area (Å²) in [5.74, 6) is 0. The van der Waals surface area contributed by atoms with Crippen LogP contribution in [0, 0.1) is 0 Å². The molecule has 8 nitrogen and oxygen atoms in total. The molecule has 2 amide bonds. The van der Waals surface area contributed by atoms with Crippen LogP contribution in [0.25, 0.3) is 0 Å². The minimum absolute atomic E-state index is 0.437. The summed E-state index contributed by atoms with van der Waals surface area (Å²) in [5.41, 5.74) is 5.46. The van der Waals surface area contributed by atoms with E-state index < -0.39 is 43.3 Å². The smallest absolute Gasteiger partial charge is 0.325 e. The van der Waals surface area contributed by atoms with Crippen molar-refractivity contribution in [3.8, 4) is 0 Å². The predicted molar refractivity (Wildman–Crippen MR) is 55.2 cm³/mol. The molecule has 1 saturated heterocycles. The fraction of sp³-hybridized carbons (Fsp3) is 0.667. The summed E-state index contributed by atoms with van der Waals surface area (Å²) in [6, 6.07) is -0.533. The van der Waals surface area contributed by atoms with Crippen LogP contribution >= 0.6 is 0 Å². The fourth-order valence-electron chi connectivity index (χ4n) is 1.83. The van der Waals surface area contributed by atoms with Crippen molar-refractivity contribution in [2.75, 3.05) is 6.61 Å². The van der Waals surface area contributed by atoms with Gasteiger partial charge < -0.3 is 31.1 Å².